The molecule has 2 heterocycles. The van der Waals surface area contributed by atoms with Gasteiger partial charge in [-0.05, 0) is 24.3 Å². The van der Waals surface area contributed by atoms with Gasteiger partial charge >= 0.3 is 0 Å². The molecular weight excluding hydrogens is 268 g/mol. The van der Waals surface area contributed by atoms with E-state index in [4.69, 9.17) is 4.52 Å². The number of nitrogens with one attached hydrogen (secondary N) is 1. The number of carbonyl (C=O) groups is 1. The molecule has 0 bridgehead atoms. The molecule has 104 valence electrons. The van der Waals surface area contributed by atoms with Crippen LogP contribution in [0.4, 0.5) is 0 Å². The number of hydrogen-bond acceptors (Lipinski definition) is 5. The van der Waals surface area contributed by atoms with E-state index in [0.29, 0.717) is 23.0 Å². The maximum absolute atomic E-state index is 11.9. The molecule has 1 amide bonds. The molecule has 1 aromatic carbocycles. The van der Waals surface area contributed by atoms with Gasteiger partial charge in [-0.1, -0.05) is 29.4 Å². The second kappa shape index (κ2) is 5.96. The number of pyridine rings is 1. The first-order valence-corrected chi connectivity index (χ1v) is 6.40. The first kappa shape index (κ1) is 13.0. The van der Waals surface area contributed by atoms with Crippen LogP contribution in [0, 0.1) is 0 Å². The Bertz CT molecular complexity index is 726. The summed E-state index contributed by atoms with van der Waals surface area (Å²) >= 11 is 0. The molecular formula is C15H12N4O2. The molecule has 21 heavy (non-hydrogen) atoms. The SMILES string of the molecule is O=C(NCc1nc(-c2ccccn2)no1)c1ccccc1. The van der Waals surface area contributed by atoms with Crippen LogP contribution in [0.5, 0.6) is 0 Å². The van der Waals surface area contributed by atoms with Crippen LogP contribution in [0.2, 0.25) is 0 Å². The standard InChI is InChI=1S/C15H12N4O2/c20-15(11-6-2-1-3-7-11)17-10-13-18-14(19-21-13)12-8-4-5-9-16-12/h1-9H,10H2,(H,17,20). The van der Waals surface area contributed by atoms with Gasteiger partial charge in [0.1, 0.15) is 5.69 Å². The Balaban J connectivity index is 1.64. The molecule has 0 aliphatic rings. The summed E-state index contributed by atoms with van der Waals surface area (Å²) in [6.07, 6.45) is 1.66. The van der Waals surface area contributed by atoms with Crippen LogP contribution in [0.1, 0.15) is 16.2 Å². The largest absolute Gasteiger partial charge is 0.343 e. The smallest absolute Gasteiger partial charge is 0.251 e. The second-order valence-corrected chi connectivity index (χ2v) is 4.28. The predicted molar refractivity (Wildman–Crippen MR) is 75.1 cm³/mol. The van der Waals surface area contributed by atoms with E-state index < -0.39 is 0 Å². The topological polar surface area (TPSA) is 80.9 Å². The van der Waals surface area contributed by atoms with E-state index >= 15 is 0 Å². The van der Waals surface area contributed by atoms with Crippen molar-refractivity contribution < 1.29 is 9.32 Å². The zero-order chi connectivity index (χ0) is 14.5. The minimum Gasteiger partial charge on any atom is -0.343 e. The Hall–Kier alpha value is -3.02. The van der Waals surface area contributed by atoms with Crippen LogP contribution in [-0.2, 0) is 6.54 Å². The van der Waals surface area contributed by atoms with E-state index in [0.717, 1.165) is 0 Å². The first-order valence-electron chi connectivity index (χ1n) is 6.40. The molecule has 0 spiro atoms. The molecule has 0 aliphatic heterocycles. The third-order valence-electron chi connectivity index (χ3n) is 2.80. The summed E-state index contributed by atoms with van der Waals surface area (Å²) in [7, 11) is 0. The average Bonchev–Trinajstić information content (AvgIpc) is 3.03. The van der Waals surface area contributed by atoms with Gasteiger partial charge in [0.15, 0.2) is 0 Å². The number of nitrogens with zero attached hydrogens (tertiary/aromatic N) is 3. The minimum atomic E-state index is -0.187. The minimum absolute atomic E-state index is 0.174. The Morgan fingerprint density at radius 2 is 1.90 bits per heavy atom. The van der Waals surface area contributed by atoms with Gasteiger partial charge in [-0.25, -0.2) is 0 Å². The summed E-state index contributed by atoms with van der Waals surface area (Å²) < 4.78 is 5.09. The fourth-order valence-electron chi connectivity index (χ4n) is 1.77. The van der Waals surface area contributed by atoms with Gasteiger partial charge in [0.05, 0.1) is 6.54 Å². The Morgan fingerprint density at radius 1 is 1.10 bits per heavy atom. The van der Waals surface area contributed by atoms with Crippen LogP contribution >= 0.6 is 0 Å². The van der Waals surface area contributed by atoms with E-state index in [9.17, 15) is 4.79 Å². The lowest BCUT2D eigenvalue weighted by molar-refractivity contribution is 0.0946. The van der Waals surface area contributed by atoms with Crippen molar-refractivity contribution in [1.29, 1.82) is 0 Å². The van der Waals surface area contributed by atoms with Crippen molar-refractivity contribution in [3.05, 3.63) is 66.2 Å². The Kier molecular flexibility index (Phi) is 3.68. The summed E-state index contributed by atoms with van der Waals surface area (Å²) in [6.45, 7) is 0.174. The molecule has 1 N–H and O–H groups in total. The van der Waals surface area contributed by atoms with Gasteiger partial charge in [0, 0.05) is 11.8 Å². The zero-order valence-corrected chi connectivity index (χ0v) is 11.1. The van der Waals surface area contributed by atoms with Gasteiger partial charge < -0.3 is 9.84 Å². The Labute approximate surface area is 120 Å². The maximum atomic E-state index is 11.9. The third-order valence-corrected chi connectivity index (χ3v) is 2.80. The van der Waals surface area contributed by atoms with Gasteiger partial charge in [-0.2, -0.15) is 4.98 Å². The number of carbonyl (C=O) groups excluding carboxylic acids is 1. The lowest BCUT2D eigenvalue weighted by atomic mass is 10.2. The van der Waals surface area contributed by atoms with Crippen molar-refractivity contribution in [3.8, 4) is 11.5 Å². The van der Waals surface area contributed by atoms with Crippen LogP contribution in [0.3, 0.4) is 0 Å². The normalized spacial score (nSPS) is 10.3. The van der Waals surface area contributed by atoms with Crippen molar-refractivity contribution in [2.45, 2.75) is 6.54 Å². The van der Waals surface area contributed by atoms with E-state index in [1.165, 1.54) is 0 Å². The maximum Gasteiger partial charge on any atom is 0.251 e. The van der Waals surface area contributed by atoms with Crippen molar-refractivity contribution >= 4 is 5.91 Å². The van der Waals surface area contributed by atoms with E-state index in [1.54, 1.807) is 36.5 Å². The summed E-state index contributed by atoms with van der Waals surface area (Å²) in [5.41, 5.74) is 1.21. The Morgan fingerprint density at radius 3 is 2.67 bits per heavy atom. The van der Waals surface area contributed by atoms with E-state index in [-0.39, 0.29) is 12.5 Å². The molecule has 0 atom stereocenters. The van der Waals surface area contributed by atoms with Gasteiger partial charge in [0.25, 0.3) is 5.91 Å². The highest BCUT2D eigenvalue weighted by Crippen LogP contribution is 2.11. The number of hydrogen-bond donors (Lipinski definition) is 1. The molecule has 0 aliphatic carbocycles. The molecule has 0 saturated carbocycles. The molecule has 0 saturated heterocycles. The van der Waals surface area contributed by atoms with Crippen LogP contribution < -0.4 is 5.32 Å². The molecule has 6 nitrogen and oxygen atoms in total. The van der Waals surface area contributed by atoms with E-state index in [1.807, 2.05) is 18.2 Å². The summed E-state index contributed by atoms with van der Waals surface area (Å²) in [5, 5.41) is 6.56. The van der Waals surface area contributed by atoms with Crippen molar-refractivity contribution in [3.63, 3.8) is 0 Å². The number of amides is 1. The molecule has 3 aromatic rings. The van der Waals surface area contributed by atoms with Crippen LogP contribution in [0.15, 0.2) is 59.3 Å². The van der Waals surface area contributed by atoms with Gasteiger partial charge in [-0.15, -0.1) is 0 Å². The van der Waals surface area contributed by atoms with Crippen molar-refractivity contribution in [1.82, 2.24) is 20.4 Å². The fourth-order valence-corrected chi connectivity index (χ4v) is 1.77. The molecule has 2 aromatic heterocycles. The summed E-state index contributed by atoms with van der Waals surface area (Å²) in [4.78, 5) is 20.2. The van der Waals surface area contributed by atoms with Gasteiger partial charge in [-0.3, -0.25) is 9.78 Å². The lowest BCUT2D eigenvalue weighted by Crippen LogP contribution is -2.22. The highest BCUT2D eigenvalue weighted by Gasteiger charge is 2.11. The average molecular weight is 280 g/mol. The van der Waals surface area contributed by atoms with Gasteiger partial charge in [0.2, 0.25) is 11.7 Å². The summed E-state index contributed by atoms with van der Waals surface area (Å²) in [5.74, 6) is 0.549. The number of benzene rings is 1. The third kappa shape index (κ3) is 3.11. The molecule has 3 rings (SSSR count). The van der Waals surface area contributed by atoms with E-state index in [2.05, 4.69) is 20.4 Å². The monoisotopic (exact) mass is 280 g/mol. The highest BCUT2D eigenvalue weighted by atomic mass is 16.5. The molecule has 0 fully saturated rings. The highest BCUT2D eigenvalue weighted by molar-refractivity contribution is 5.93. The number of rotatable bonds is 4. The van der Waals surface area contributed by atoms with Crippen LogP contribution in [0.25, 0.3) is 11.5 Å². The molecule has 6 heteroatoms. The van der Waals surface area contributed by atoms with Crippen molar-refractivity contribution in [2.24, 2.45) is 0 Å². The lowest BCUT2D eigenvalue weighted by Gasteiger charge is -2.01. The molecule has 0 unspecified atom stereocenters. The fraction of sp³-hybridized carbons (Fsp3) is 0.0667. The van der Waals surface area contributed by atoms with Crippen LogP contribution in [-0.4, -0.2) is 21.0 Å². The first-order chi connectivity index (χ1) is 10.3. The summed E-state index contributed by atoms with van der Waals surface area (Å²) in [6, 6.07) is 14.4. The van der Waals surface area contributed by atoms with Crippen molar-refractivity contribution in [2.75, 3.05) is 0 Å². The second-order valence-electron chi connectivity index (χ2n) is 4.28. The quantitative estimate of drug-likeness (QED) is 0.791. The number of aromatic nitrogens is 3. The zero-order valence-electron chi connectivity index (χ0n) is 11.1. The molecule has 0 radical (unpaired) electrons. The predicted octanol–water partition coefficient (Wildman–Crippen LogP) is 2.06.